The van der Waals surface area contributed by atoms with Crippen molar-refractivity contribution in [3.63, 3.8) is 0 Å². The van der Waals surface area contributed by atoms with E-state index in [1.165, 1.54) is 31.5 Å². The molecule has 1 unspecified atom stereocenters. The number of amides is 1. The minimum absolute atomic E-state index is 0.0239. The molecule has 39 heavy (non-hydrogen) atoms. The molecule has 5 rings (SSSR count). The van der Waals surface area contributed by atoms with Gasteiger partial charge in [0.15, 0.2) is 5.82 Å². The van der Waals surface area contributed by atoms with Crippen molar-refractivity contribution >= 4 is 11.5 Å². The maximum absolute atomic E-state index is 14.6. The second kappa shape index (κ2) is 11.2. The molecule has 10 heteroatoms. The van der Waals surface area contributed by atoms with Crippen LogP contribution in [-0.2, 0) is 7.05 Å². The highest BCUT2D eigenvalue weighted by molar-refractivity contribution is 5.94. The number of hydrogen-bond donors (Lipinski definition) is 2. The van der Waals surface area contributed by atoms with Crippen LogP contribution in [0, 0.1) is 29.0 Å². The number of methoxy groups -OCH3 is 1. The Hall–Kier alpha value is -4.36. The number of ether oxygens (including phenoxy) is 1. The van der Waals surface area contributed by atoms with E-state index in [1.54, 1.807) is 16.9 Å². The summed E-state index contributed by atoms with van der Waals surface area (Å²) in [4.78, 5) is 22.0. The van der Waals surface area contributed by atoms with Gasteiger partial charge in [0.1, 0.15) is 23.3 Å². The first-order chi connectivity index (χ1) is 18.9. The maximum atomic E-state index is 14.6. The van der Waals surface area contributed by atoms with Crippen LogP contribution in [0.15, 0.2) is 54.5 Å². The van der Waals surface area contributed by atoms with Crippen molar-refractivity contribution in [1.29, 1.82) is 5.26 Å². The fourth-order valence-electron chi connectivity index (χ4n) is 5.60. The number of allylic oxidation sites excluding steroid dienone is 4. The Morgan fingerprint density at radius 2 is 2.03 bits per heavy atom. The Morgan fingerprint density at radius 3 is 2.77 bits per heavy atom. The lowest BCUT2D eigenvalue weighted by Gasteiger charge is -2.36. The van der Waals surface area contributed by atoms with E-state index in [1.807, 2.05) is 19.2 Å². The number of nitriles is 1. The Bertz CT molecular complexity index is 1500. The van der Waals surface area contributed by atoms with Crippen LogP contribution in [-0.4, -0.2) is 38.8 Å². The van der Waals surface area contributed by atoms with Gasteiger partial charge in [-0.25, -0.2) is 14.4 Å². The van der Waals surface area contributed by atoms with Gasteiger partial charge in [-0.2, -0.15) is 10.4 Å². The van der Waals surface area contributed by atoms with Gasteiger partial charge in [0, 0.05) is 30.9 Å². The van der Waals surface area contributed by atoms with E-state index in [0.29, 0.717) is 17.9 Å². The van der Waals surface area contributed by atoms with E-state index in [2.05, 4.69) is 26.5 Å². The molecule has 0 bridgehead atoms. The Balaban J connectivity index is 1.46. The number of rotatable bonds is 6. The van der Waals surface area contributed by atoms with Crippen molar-refractivity contribution in [2.45, 2.75) is 38.1 Å². The van der Waals surface area contributed by atoms with Gasteiger partial charge in [-0.05, 0) is 67.9 Å². The maximum Gasteiger partial charge on any atom is 0.274 e. The molecule has 0 aliphatic heterocycles. The summed E-state index contributed by atoms with van der Waals surface area (Å²) in [5, 5.41) is 16.9. The van der Waals surface area contributed by atoms with Crippen LogP contribution < -0.4 is 15.8 Å². The molecule has 2 aromatic heterocycles. The third kappa shape index (κ3) is 5.31. The molecular weight excluding hydrogens is 497 g/mol. The summed E-state index contributed by atoms with van der Waals surface area (Å²) in [6, 6.07) is 8.37. The molecule has 9 nitrogen and oxygen atoms in total. The van der Waals surface area contributed by atoms with Crippen LogP contribution in [0.2, 0.25) is 0 Å². The van der Waals surface area contributed by atoms with Crippen LogP contribution in [0.4, 0.5) is 4.39 Å². The number of carbonyl (C=O) groups excluding carboxylic acids is 1. The molecule has 1 aromatic carbocycles. The third-order valence-corrected chi connectivity index (χ3v) is 7.62. The number of halogens is 1. The molecule has 2 aliphatic rings. The second-order valence-electron chi connectivity index (χ2n) is 9.98. The Labute approximate surface area is 226 Å². The molecule has 2 aliphatic carbocycles. The predicted octanol–water partition coefficient (Wildman–Crippen LogP) is 4.13. The zero-order chi connectivity index (χ0) is 27.5. The summed E-state index contributed by atoms with van der Waals surface area (Å²) in [5.74, 6) is -0.258. The highest BCUT2D eigenvalue weighted by Gasteiger charge is 2.33. The summed E-state index contributed by atoms with van der Waals surface area (Å²) >= 11 is 0. The average Bonchev–Trinajstić information content (AvgIpc) is 3.33. The van der Waals surface area contributed by atoms with Gasteiger partial charge in [-0.15, -0.1) is 0 Å². The molecule has 0 spiro atoms. The van der Waals surface area contributed by atoms with Crippen LogP contribution in [0.5, 0.6) is 5.75 Å². The zero-order valence-corrected chi connectivity index (χ0v) is 21.9. The normalized spacial score (nSPS) is 20.9. The summed E-state index contributed by atoms with van der Waals surface area (Å²) in [6.07, 6.45) is 11.3. The third-order valence-electron chi connectivity index (χ3n) is 7.62. The predicted molar refractivity (Wildman–Crippen MR) is 143 cm³/mol. The van der Waals surface area contributed by atoms with Crippen molar-refractivity contribution in [1.82, 2.24) is 25.1 Å². The number of carbonyl (C=O) groups is 1. The van der Waals surface area contributed by atoms with Gasteiger partial charge in [-0.1, -0.05) is 12.1 Å². The minimum atomic E-state index is -0.540. The van der Waals surface area contributed by atoms with Gasteiger partial charge >= 0.3 is 0 Å². The van der Waals surface area contributed by atoms with Gasteiger partial charge < -0.3 is 15.8 Å². The Morgan fingerprint density at radius 1 is 1.23 bits per heavy atom. The van der Waals surface area contributed by atoms with Crippen LogP contribution in [0.25, 0.3) is 17.0 Å². The quantitative estimate of drug-likeness (QED) is 0.493. The largest absolute Gasteiger partial charge is 0.496 e. The summed E-state index contributed by atoms with van der Waals surface area (Å²) in [5.41, 5.74) is 9.49. The van der Waals surface area contributed by atoms with E-state index >= 15 is 0 Å². The van der Waals surface area contributed by atoms with Crippen molar-refractivity contribution in [2.24, 2.45) is 24.6 Å². The first-order valence-corrected chi connectivity index (χ1v) is 13.0. The van der Waals surface area contributed by atoms with Gasteiger partial charge in [0.2, 0.25) is 0 Å². The lowest BCUT2D eigenvalue weighted by Crippen LogP contribution is -2.36. The van der Waals surface area contributed by atoms with Crippen LogP contribution >= 0.6 is 0 Å². The molecule has 1 saturated carbocycles. The first-order valence-electron chi connectivity index (χ1n) is 13.0. The molecule has 3 N–H and O–H groups in total. The van der Waals surface area contributed by atoms with Crippen molar-refractivity contribution in [3.05, 3.63) is 77.3 Å². The monoisotopic (exact) mass is 527 g/mol. The van der Waals surface area contributed by atoms with Gasteiger partial charge in [-0.3, -0.25) is 9.48 Å². The topological polar surface area (TPSA) is 132 Å². The van der Waals surface area contributed by atoms with E-state index in [-0.39, 0.29) is 34.8 Å². The standard InChI is InChI=1S/C29H30FN7O2/c1-37-27(19(15-31)16-34-37)18-8-11-23(21(14-18)17-6-9-20(32)10-7-17)36-29(38)24-12-13-33-28(35-24)26-22(30)4-3-5-25(26)39-2/h3-5,8,11-13,16-17,20-21H,6-7,9-10,14,32H2,1-2H3,(H,36,38). The molecule has 1 atom stereocenters. The SMILES string of the molecule is COc1cccc(F)c1-c1nccc(C(=O)NC2=CC=C(c3c(C#N)cnn3C)CC2C2CCC(N)CC2)n1. The van der Waals surface area contributed by atoms with Crippen molar-refractivity contribution < 1.29 is 13.9 Å². The fourth-order valence-corrected chi connectivity index (χ4v) is 5.60. The van der Waals surface area contributed by atoms with E-state index < -0.39 is 11.7 Å². The van der Waals surface area contributed by atoms with E-state index in [4.69, 9.17) is 10.5 Å². The molecule has 3 aromatic rings. The number of benzene rings is 1. The van der Waals surface area contributed by atoms with E-state index in [0.717, 1.165) is 42.6 Å². The average molecular weight is 528 g/mol. The van der Waals surface area contributed by atoms with Gasteiger partial charge in [0.25, 0.3) is 5.91 Å². The number of aromatic nitrogens is 4. The molecule has 1 amide bonds. The first kappa shape index (κ1) is 26.3. The van der Waals surface area contributed by atoms with Crippen molar-refractivity contribution in [2.75, 3.05) is 7.11 Å². The number of nitrogens with one attached hydrogen (secondary N) is 1. The lowest BCUT2D eigenvalue weighted by molar-refractivity contribution is 0.0951. The highest BCUT2D eigenvalue weighted by Crippen LogP contribution is 2.41. The molecule has 0 saturated heterocycles. The molecule has 1 fully saturated rings. The molecule has 200 valence electrons. The minimum Gasteiger partial charge on any atom is -0.496 e. The number of aryl methyl sites for hydroxylation is 1. The molecule has 2 heterocycles. The highest BCUT2D eigenvalue weighted by atomic mass is 19.1. The van der Waals surface area contributed by atoms with Gasteiger partial charge in [0.05, 0.1) is 30.1 Å². The fraction of sp³-hybridized carbons (Fsp3) is 0.345. The zero-order valence-electron chi connectivity index (χ0n) is 21.9. The number of hydrogen-bond acceptors (Lipinski definition) is 7. The summed E-state index contributed by atoms with van der Waals surface area (Å²) < 4.78 is 21.6. The van der Waals surface area contributed by atoms with E-state index in [9.17, 15) is 14.4 Å². The molecule has 0 radical (unpaired) electrons. The lowest BCUT2D eigenvalue weighted by atomic mass is 9.72. The molecular formula is C29H30FN7O2. The Kier molecular flexibility index (Phi) is 7.52. The van der Waals surface area contributed by atoms with Crippen LogP contribution in [0.1, 0.15) is 53.8 Å². The number of nitrogens with two attached hydrogens (primary N) is 1. The summed E-state index contributed by atoms with van der Waals surface area (Å²) in [7, 11) is 3.26. The number of nitrogens with zero attached hydrogens (tertiary/aromatic N) is 5. The summed E-state index contributed by atoms with van der Waals surface area (Å²) in [6.45, 7) is 0. The van der Waals surface area contributed by atoms with Crippen LogP contribution in [0.3, 0.4) is 0 Å². The second-order valence-corrected chi connectivity index (χ2v) is 9.98. The smallest absolute Gasteiger partial charge is 0.274 e. The van der Waals surface area contributed by atoms with Crippen molar-refractivity contribution in [3.8, 4) is 23.2 Å².